The molecule has 130 valence electrons. The number of phosphoric ester groups is 1. The number of nitrogens with one attached hydrogen (secondary N) is 1. The molecule has 1 aliphatic rings. The number of aromatic amines is 1. The molecule has 2 rings (SSSR count). The summed E-state index contributed by atoms with van der Waals surface area (Å²) in [4.78, 5) is 30.9. The van der Waals surface area contributed by atoms with Crippen molar-refractivity contribution in [3.63, 3.8) is 0 Å². The number of alkyl halides is 1. The minimum absolute atomic E-state index is 0.0586. The third kappa shape index (κ3) is 3.75. The highest BCUT2D eigenvalue weighted by Gasteiger charge is 2.57. The lowest BCUT2D eigenvalue weighted by molar-refractivity contribution is -0.204. The largest absolute Gasteiger partial charge is 0.469 e. The van der Waals surface area contributed by atoms with E-state index in [2.05, 4.69) is 9.51 Å². The molecule has 2 heterocycles. The Morgan fingerprint density at radius 1 is 1.65 bits per heavy atom. The minimum Gasteiger partial charge on any atom is -0.385 e. The number of aryl methyl sites for hydroxylation is 1. The van der Waals surface area contributed by atoms with Gasteiger partial charge in [0, 0.05) is 11.8 Å². The Hall–Kier alpha value is -0.980. The molecule has 1 aromatic rings. The zero-order chi connectivity index (χ0) is 18.5. The van der Waals surface area contributed by atoms with E-state index < -0.39 is 49.0 Å². The predicted octanol–water partition coefficient (Wildman–Crippen LogP) is -0.760. The van der Waals surface area contributed by atoms with E-state index in [0.717, 1.165) is 6.20 Å². The first-order chi connectivity index (χ1) is 10.8. The number of ether oxygens (including phenoxy) is 1. The van der Waals surface area contributed by atoms with Gasteiger partial charge in [0.05, 0.1) is 1.37 Å². The van der Waals surface area contributed by atoms with Crippen LogP contribution in [0.15, 0.2) is 11.0 Å². The van der Waals surface area contributed by atoms with Crippen LogP contribution in [-0.2, 0) is 13.8 Å². The first kappa shape index (κ1) is 16.9. The molecular formula is C10H14FN2O8PS. The first-order valence-electron chi connectivity index (χ1n) is 6.58. The predicted molar refractivity (Wildman–Crippen MR) is 74.6 cm³/mol. The van der Waals surface area contributed by atoms with Gasteiger partial charge in [0.2, 0.25) is 0 Å². The van der Waals surface area contributed by atoms with E-state index in [-0.39, 0.29) is 5.56 Å². The second-order valence-corrected chi connectivity index (χ2v) is 6.45. The van der Waals surface area contributed by atoms with Gasteiger partial charge in [-0.15, -0.1) is 0 Å². The molecule has 1 aliphatic heterocycles. The third-order valence-corrected chi connectivity index (χ3v) is 3.82. The Bertz CT molecular complexity index is 813. The summed E-state index contributed by atoms with van der Waals surface area (Å²) in [6.07, 6.45) is -6.28. The standard InChI is InChI=1S/C10H14FN2O8PS/c1-4-2-13(9(23)12-7(4)16)8-5(14)6(15)10(11,21-8)3-20-22(17,18)19/h2,5-6,8,14-15H,3H2,1H3,(H,12,16,23)(H2,17,18,19)/t5-,6+,8-,10-/m1/s1/i8D. The zero-order valence-electron chi connectivity index (χ0n) is 12.5. The van der Waals surface area contributed by atoms with Crippen LogP contribution >= 0.6 is 20.0 Å². The molecule has 10 nitrogen and oxygen atoms in total. The molecule has 0 unspecified atom stereocenters. The van der Waals surface area contributed by atoms with Crippen molar-refractivity contribution in [3.8, 4) is 0 Å². The molecule has 23 heavy (non-hydrogen) atoms. The zero-order valence-corrected chi connectivity index (χ0v) is 13.3. The van der Waals surface area contributed by atoms with Gasteiger partial charge in [-0.05, 0) is 19.1 Å². The second-order valence-electron chi connectivity index (χ2n) is 4.82. The van der Waals surface area contributed by atoms with E-state index in [1.165, 1.54) is 6.92 Å². The fourth-order valence-corrected chi connectivity index (χ4v) is 2.45. The number of hydrogen-bond acceptors (Lipinski definition) is 7. The van der Waals surface area contributed by atoms with Crippen molar-refractivity contribution in [1.29, 1.82) is 0 Å². The maximum atomic E-state index is 14.6. The van der Waals surface area contributed by atoms with Crippen LogP contribution in [-0.4, -0.2) is 54.2 Å². The average Bonchev–Trinajstić information content (AvgIpc) is 2.62. The van der Waals surface area contributed by atoms with Crippen LogP contribution in [0.25, 0.3) is 0 Å². The molecule has 1 saturated heterocycles. The van der Waals surface area contributed by atoms with Crippen molar-refractivity contribution in [1.82, 2.24) is 9.55 Å². The Balaban J connectivity index is 2.45. The topological polar surface area (TPSA) is 154 Å². The van der Waals surface area contributed by atoms with Crippen molar-refractivity contribution in [3.05, 3.63) is 26.9 Å². The number of aliphatic hydroxyl groups is 2. The van der Waals surface area contributed by atoms with Crippen LogP contribution in [0, 0.1) is 11.7 Å². The molecule has 13 heteroatoms. The lowest BCUT2D eigenvalue weighted by atomic mass is 10.1. The molecule has 4 atom stereocenters. The normalized spacial score (nSPS) is 35.3. The molecule has 0 aliphatic carbocycles. The van der Waals surface area contributed by atoms with Gasteiger partial charge < -0.3 is 24.7 Å². The molecule has 0 aromatic carbocycles. The number of hydrogen-bond donors (Lipinski definition) is 5. The van der Waals surface area contributed by atoms with Gasteiger partial charge in [0.25, 0.3) is 11.4 Å². The third-order valence-electron chi connectivity index (χ3n) is 3.06. The van der Waals surface area contributed by atoms with Gasteiger partial charge in [-0.1, -0.05) is 0 Å². The minimum atomic E-state index is -5.09. The number of phosphoric acid groups is 1. The highest BCUT2D eigenvalue weighted by atomic mass is 32.1. The number of aromatic nitrogens is 2. The van der Waals surface area contributed by atoms with Gasteiger partial charge in [0.1, 0.15) is 18.8 Å². The summed E-state index contributed by atoms with van der Waals surface area (Å²) < 4.78 is 42.4. The van der Waals surface area contributed by atoms with E-state index >= 15 is 0 Å². The lowest BCUT2D eigenvalue weighted by Gasteiger charge is -2.23. The summed E-state index contributed by atoms with van der Waals surface area (Å²) >= 11 is 4.83. The molecular weight excluding hydrogens is 358 g/mol. The van der Waals surface area contributed by atoms with Gasteiger partial charge in [-0.25, -0.2) is 8.96 Å². The number of aliphatic hydroxyl groups excluding tert-OH is 2. The molecule has 0 radical (unpaired) electrons. The van der Waals surface area contributed by atoms with E-state index in [0.29, 0.717) is 4.57 Å². The second kappa shape index (κ2) is 6.15. The summed E-state index contributed by atoms with van der Waals surface area (Å²) in [6.45, 7) is -0.101. The van der Waals surface area contributed by atoms with Gasteiger partial charge in [0.15, 0.2) is 11.0 Å². The number of rotatable bonds is 4. The molecule has 0 amide bonds. The van der Waals surface area contributed by atoms with Crippen LogP contribution < -0.4 is 5.56 Å². The van der Waals surface area contributed by atoms with Crippen molar-refractivity contribution >= 4 is 20.0 Å². The smallest absolute Gasteiger partial charge is 0.385 e. The van der Waals surface area contributed by atoms with Crippen molar-refractivity contribution in [2.45, 2.75) is 31.2 Å². The van der Waals surface area contributed by atoms with E-state index in [1.807, 2.05) is 0 Å². The lowest BCUT2D eigenvalue weighted by Crippen LogP contribution is -2.42. The van der Waals surface area contributed by atoms with Crippen molar-refractivity contribution in [2.24, 2.45) is 0 Å². The summed E-state index contributed by atoms with van der Waals surface area (Å²) in [5.74, 6) is -3.30. The summed E-state index contributed by atoms with van der Waals surface area (Å²) in [7, 11) is -5.09. The summed E-state index contributed by atoms with van der Waals surface area (Å²) in [6, 6.07) is 0. The maximum absolute atomic E-state index is 14.6. The highest BCUT2D eigenvalue weighted by molar-refractivity contribution is 7.71. The Morgan fingerprint density at radius 2 is 2.26 bits per heavy atom. The Kier molecular flexibility index (Phi) is 4.51. The molecule has 0 spiro atoms. The van der Waals surface area contributed by atoms with Crippen LogP contribution in [0.1, 0.15) is 13.1 Å². The van der Waals surface area contributed by atoms with Crippen LogP contribution in [0.4, 0.5) is 4.39 Å². The van der Waals surface area contributed by atoms with E-state index in [9.17, 15) is 24.0 Å². The quantitative estimate of drug-likeness (QED) is 0.338. The van der Waals surface area contributed by atoms with Crippen LogP contribution in [0.5, 0.6) is 0 Å². The highest BCUT2D eigenvalue weighted by Crippen LogP contribution is 2.43. The SMILES string of the molecule is [2H][C@@]1(n2cc(C)c(=O)[nH]c2=S)O[C@](F)(COP(=O)(O)O)[C@@H](O)[C@H]1O. The van der Waals surface area contributed by atoms with Crippen molar-refractivity contribution in [2.75, 3.05) is 6.61 Å². The monoisotopic (exact) mass is 373 g/mol. The molecule has 0 saturated carbocycles. The maximum Gasteiger partial charge on any atom is 0.469 e. The summed E-state index contributed by atoms with van der Waals surface area (Å²) in [5, 5.41) is 19.8. The molecule has 1 aromatic heterocycles. The number of H-pyrrole nitrogens is 1. The Labute approximate surface area is 134 Å². The molecule has 5 N–H and O–H groups in total. The number of nitrogens with zero attached hydrogens (tertiary/aromatic N) is 1. The van der Waals surface area contributed by atoms with Gasteiger partial charge in [-0.3, -0.25) is 18.9 Å². The van der Waals surface area contributed by atoms with Crippen LogP contribution in [0.2, 0.25) is 0 Å². The van der Waals surface area contributed by atoms with Crippen LogP contribution in [0.3, 0.4) is 0 Å². The molecule has 0 bridgehead atoms. The first-order valence-corrected chi connectivity index (χ1v) is 8.02. The fourth-order valence-electron chi connectivity index (χ4n) is 1.87. The average molecular weight is 373 g/mol. The van der Waals surface area contributed by atoms with Gasteiger partial charge >= 0.3 is 7.82 Å². The number of halogens is 1. The summed E-state index contributed by atoms with van der Waals surface area (Å²) in [5.41, 5.74) is -0.521. The fraction of sp³-hybridized carbons (Fsp3) is 0.600. The van der Waals surface area contributed by atoms with Gasteiger partial charge in [-0.2, -0.15) is 0 Å². The van der Waals surface area contributed by atoms with E-state index in [4.69, 9.17) is 28.1 Å². The van der Waals surface area contributed by atoms with E-state index in [1.54, 1.807) is 0 Å². The Morgan fingerprint density at radius 3 is 2.83 bits per heavy atom. The van der Waals surface area contributed by atoms with Crippen molar-refractivity contribution < 1.29 is 39.6 Å². The molecule has 1 fully saturated rings.